The van der Waals surface area contributed by atoms with Gasteiger partial charge in [0.15, 0.2) is 34.6 Å². The van der Waals surface area contributed by atoms with Gasteiger partial charge >= 0.3 is 0 Å². The van der Waals surface area contributed by atoms with E-state index in [4.69, 9.17) is 15.0 Å². The number of aryl methyl sites for hydroxylation is 1. The monoisotopic (exact) mass is 1990 g/mol. The molecule has 8 saturated carbocycles. The number of anilines is 5. The van der Waals surface area contributed by atoms with Gasteiger partial charge in [0.2, 0.25) is 59.3 Å². The Kier molecular flexibility index (Phi) is 27.7. The van der Waals surface area contributed by atoms with Crippen molar-refractivity contribution in [2.75, 3.05) is 33.7 Å². The fraction of sp³-hybridized carbons (Fsp3) is 0.533. The standard InChI is InChI=1S/C24H28FN3O2.C21H27F2N3O2.C20H19F5N4O.C20H23F3N4O2.C20H23FN4O/c1-15-12-18(25)8-6-16(15)13-21(29)27-22-26-19-9-7-17(23(2,3)30)14-20(19)28(22)24(4)10-5-11-24;1-12(22)11-21(7-8-21)18(27)25-19-24-17-15(23)9-13(20(2,3)28)10-16(17)26(19)14-5-4-6-14;1-18(4-3-5-18)29-16-14(22)10(9-26)6-12(21)15(16)28-17(29)27-13(30)7-11-8-20(24,25)19(11,2)23;1-18(2,3)27-13-6-11(10-24)7-14(29-5)16(13)26-17(27)25-15(28)8-12-9-19(4,21)20(12,22)23;1-12(19(2)7-8-19)17(26)24-18-23-16-14(21)9-13(11-22)10-15(16)25(18)20(3)5-4-6-20/h6-9,12,14,30H,5,10-11,13H2,1-4H3,(H,26,27,29);9-10,12,14,28H,4-8,11H2,1-3H3,(H,24,25,27);6,11H,3-5,7-8H2,1-2H3,(H,27,28,30);6-7,12H,8-9H2,1-5H3,(H,25,26,28);9-10,12H,4-8H2,1-3H3,(H,23,24,26). The molecule has 11 aromatic rings. The van der Waals surface area contributed by atoms with Crippen LogP contribution in [0.15, 0.2) is 78.9 Å². The third-order valence-electron chi connectivity index (χ3n) is 30.7. The zero-order valence-electron chi connectivity index (χ0n) is 83.1. The van der Waals surface area contributed by atoms with E-state index in [-0.39, 0.29) is 111 Å². The Hall–Kier alpha value is -12.6. The Balaban J connectivity index is 0.000000135. The summed E-state index contributed by atoms with van der Waals surface area (Å²) in [7, 11) is 1.44. The Bertz CT molecular complexity index is 7020. The quantitative estimate of drug-likeness (QED) is 0.0293. The van der Waals surface area contributed by atoms with Crippen molar-refractivity contribution in [2.45, 2.75) is 321 Å². The summed E-state index contributed by atoms with van der Waals surface area (Å²) < 4.78 is 182. The van der Waals surface area contributed by atoms with Crippen LogP contribution >= 0.6 is 0 Å². The van der Waals surface area contributed by atoms with Gasteiger partial charge in [0.1, 0.15) is 45.2 Å². The first-order chi connectivity index (χ1) is 66.7. The molecule has 8 aliphatic rings. The lowest BCUT2D eigenvalue weighted by Gasteiger charge is -2.47. The van der Waals surface area contributed by atoms with Crippen molar-refractivity contribution in [1.82, 2.24) is 47.8 Å². The number of aliphatic hydroxyl groups is 2. The van der Waals surface area contributed by atoms with Crippen LogP contribution in [0.4, 0.5) is 82.4 Å². The lowest BCUT2D eigenvalue weighted by molar-refractivity contribution is -0.248. The van der Waals surface area contributed by atoms with Gasteiger partial charge in [0.05, 0.1) is 92.7 Å². The van der Waals surface area contributed by atoms with Gasteiger partial charge < -0.3 is 37.8 Å². The number of fused-ring (bicyclic) bond motifs is 5. The van der Waals surface area contributed by atoms with Gasteiger partial charge in [-0.1, -0.05) is 26.0 Å². The number of hydrogen-bond acceptors (Lipinski definition) is 16. The van der Waals surface area contributed by atoms with Gasteiger partial charge in [-0.2, -0.15) is 15.8 Å². The predicted octanol–water partition coefficient (Wildman–Crippen LogP) is 22.9. The SMILES string of the molecule is CC(C(=O)Nc1nc2c(F)cc(C#N)cc2n1C1(C)CCC1)C1(C)CC1.CC(F)CC1(C(=O)Nc2nc3c(F)cc(C(C)(C)O)cc3n2C2CCC2)CC1.CC1(n2c(NC(=O)CC3CC(F)(F)C3(C)F)nc3c(F)cc(C#N)c(F)c32)CCC1.COc1cc(C#N)cc2c1nc(NC(=O)CC1CC(C)(F)C1(F)F)n2C(C)(C)C.Cc1cc(F)ccc1CC(=O)Nc1nc2ccc(C(C)(C)O)cc2n1C1(C)CCC1. The zero-order chi connectivity index (χ0) is 104. The molecule has 5 amide bonds. The summed E-state index contributed by atoms with van der Waals surface area (Å²) in [5.74, 6) is -13.3. The number of alkyl halides is 7. The van der Waals surface area contributed by atoms with Crippen LogP contribution in [-0.2, 0) is 63.8 Å². The summed E-state index contributed by atoms with van der Waals surface area (Å²) in [6, 6.07) is 25.8. The van der Waals surface area contributed by atoms with E-state index in [1.165, 1.54) is 48.9 Å². The van der Waals surface area contributed by atoms with Gasteiger partial charge in [0, 0.05) is 71.3 Å². The number of imidazole rings is 5. The molecule has 0 radical (unpaired) electrons. The average molecular weight is 1990 g/mol. The average Bonchev–Trinajstić information content (AvgIpc) is 1.68. The van der Waals surface area contributed by atoms with Gasteiger partial charge in [-0.15, -0.1) is 0 Å². The molecule has 0 spiro atoms. The van der Waals surface area contributed by atoms with E-state index < -0.39 is 129 Å². The van der Waals surface area contributed by atoms with Crippen LogP contribution in [0.2, 0.25) is 0 Å². The van der Waals surface area contributed by atoms with E-state index in [9.17, 15) is 97.4 Å². The Morgan fingerprint density at radius 3 is 1.56 bits per heavy atom. The second-order valence-corrected chi connectivity index (χ2v) is 43.8. The summed E-state index contributed by atoms with van der Waals surface area (Å²) in [4.78, 5) is 85.2. The van der Waals surface area contributed by atoms with Gasteiger partial charge in [0.25, 0.3) is 11.8 Å². The molecule has 762 valence electrons. The lowest BCUT2D eigenvalue weighted by Crippen LogP contribution is -2.60. The van der Waals surface area contributed by atoms with E-state index in [0.29, 0.717) is 82.5 Å². The highest BCUT2D eigenvalue weighted by atomic mass is 19.3. The zero-order valence-corrected chi connectivity index (χ0v) is 83.1. The summed E-state index contributed by atoms with van der Waals surface area (Å²) in [6.45, 7) is 27.3. The van der Waals surface area contributed by atoms with Crippen LogP contribution < -0.4 is 31.3 Å². The number of aromatic nitrogens is 10. The lowest BCUT2D eigenvalue weighted by atomic mass is 9.67. The first kappa shape index (κ1) is 105. The largest absolute Gasteiger partial charge is 0.494 e. The first-order valence-corrected chi connectivity index (χ1v) is 48.4. The fourth-order valence-corrected chi connectivity index (χ4v) is 20.2. The maximum atomic E-state index is 14.9. The molecule has 143 heavy (non-hydrogen) atoms. The molecule has 19 rings (SSSR count). The normalized spacial score (nSPS) is 21.3. The number of methoxy groups -OCH3 is 1. The van der Waals surface area contributed by atoms with Crippen molar-refractivity contribution in [3.63, 3.8) is 0 Å². The van der Waals surface area contributed by atoms with Gasteiger partial charge in [-0.25, -0.2) is 77.6 Å². The van der Waals surface area contributed by atoms with E-state index >= 15 is 0 Å². The summed E-state index contributed by atoms with van der Waals surface area (Å²) >= 11 is 0. The van der Waals surface area contributed by atoms with Crippen LogP contribution in [0.5, 0.6) is 5.75 Å². The van der Waals surface area contributed by atoms with Crippen molar-refractivity contribution in [1.29, 1.82) is 15.8 Å². The first-order valence-electron chi connectivity index (χ1n) is 48.4. The minimum absolute atomic E-state index is 0.0561. The minimum Gasteiger partial charge on any atom is -0.494 e. The molecular weight excluding hydrogens is 1870 g/mol. The molecule has 8 fully saturated rings. The maximum Gasteiger partial charge on any atom is 0.284 e. The van der Waals surface area contributed by atoms with Crippen molar-refractivity contribution in [2.24, 2.45) is 28.6 Å². The third kappa shape index (κ3) is 20.2. The molecule has 6 atom stereocenters. The van der Waals surface area contributed by atoms with Crippen molar-refractivity contribution >= 4 is 114 Å². The highest BCUT2D eigenvalue weighted by molar-refractivity contribution is 5.99. The second-order valence-electron chi connectivity index (χ2n) is 43.8. The van der Waals surface area contributed by atoms with E-state index in [1.807, 2.05) is 61.1 Å². The van der Waals surface area contributed by atoms with E-state index in [1.54, 1.807) is 76.4 Å². The molecule has 0 aliphatic heterocycles. The molecular formula is C105H120F12N18O8. The molecule has 8 aliphatic carbocycles. The van der Waals surface area contributed by atoms with Crippen LogP contribution in [0.25, 0.3) is 55.2 Å². The minimum atomic E-state index is -3.54. The molecule has 0 bridgehead atoms. The van der Waals surface area contributed by atoms with E-state index in [0.717, 1.165) is 125 Å². The summed E-state index contributed by atoms with van der Waals surface area (Å²) in [5, 5.41) is 62.1. The van der Waals surface area contributed by atoms with Crippen LogP contribution in [0.3, 0.4) is 0 Å². The fourth-order valence-electron chi connectivity index (χ4n) is 20.2. The van der Waals surface area contributed by atoms with Crippen LogP contribution in [0.1, 0.15) is 284 Å². The highest BCUT2D eigenvalue weighted by Crippen LogP contribution is 2.59. The molecule has 5 aromatic heterocycles. The number of hydrogen-bond donors (Lipinski definition) is 7. The summed E-state index contributed by atoms with van der Waals surface area (Å²) in [5.41, 5.74) is -3.17. The number of benzene rings is 6. The number of ether oxygens (including phenoxy) is 1. The molecule has 5 heterocycles. The van der Waals surface area contributed by atoms with Crippen LogP contribution in [-0.4, -0.2) is 124 Å². The maximum absolute atomic E-state index is 14.9. The van der Waals surface area contributed by atoms with Crippen molar-refractivity contribution in [3.05, 3.63) is 147 Å². The topological polar surface area (TPSA) is 356 Å². The Labute approximate surface area is 819 Å². The number of nitrogens with zero attached hydrogens (tertiary/aromatic N) is 13. The number of carbonyl (C=O) groups excluding carboxylic acids is 5. The number of nitriles is 3. The molecule has 6 aromatic carbocycles. The van der Waals surface area contributed by atoms with Gasteiger partial charge in [-0.05, 0) is 301 Å². The number of halogens is 12. The highest BCUT2D eigenvalue weighted by Gasteiger charge is 2.68. The number of carbonyl (C=O) groups is 5. The predicted molar refractivity (Wildman–Crippen MR) is 516 cm³/mol. The Morgan fingerprint density at radius 1 is 0.531 bits per heavy atom. The van der Waals surface area contributed by atoms with E-state index in [2.05, 4.69) is 77.9 Å². The number of rotatable bonds is 23. The van der Waals surface area contributed by atoms with Crippen molar-refractivity contribution in [3.8, 4) is 24.0 Å². The second kappa shape index (κ2) is 37.8. The molecule has 0 saturated heterocycles. The molecule has 7 N–H and O–H groups in total. The van der Waals surface area contributed by atoms with Crippen molar-refractivity contribution < 1.29 is 91.6 Å². The molecule has 38 heteroatoms. The number of nitrogens with one attached hydrogen (secondary N) is 5. The molecule has 6 unspecified atom stereocenters. The molecule has 26 nitrogen and oxygen atoms in total. The number of amides is 5. The third-order valence-corrected chi connectivity index (χ3v) is 30.7. The smallest absolute Gasteiger partial charge is 0.284 e. The summed E-state index contributed by atoms with van der Waals surface area (Å²) in [6.07, 6.45) is 11.6. The van der Waals surface area contributed by atoms with Crippen LogP contribution in [0, 0.1) is 98.6 Å². The Morgan fingerprint density at radius 2 is 1.05 bits per heavy atom. The van der Waals surface area contributed by atoms with Gasteiger partial charge in [-0.3, -0.25) is 50.6 Å².